The van der Waals surface area contributed by atoms with Crippen LogP contribution in [0.15, 0.2) is 60.1 Å². The Labute approximate surface area is 84.9 Å². The first kappa shape index (κ1) is 12.3. The maximum absolute atomic E-state index is 8.92. The van der Waals surface area contributed by atoms with Crippen LogP contribution in [0.2, 0.25) is 0 Å². The predicted molar refractivity (Wildman–Crippen MR) is 60.2 cm³/mol. The molecule has 0 spiro atoms. The average molecular weight is 192 g/mol. The van der Waals surface area contributed by atoms with E-state index in [4.69, 9.17) is 10.2 Å². The zero-order valence-electron chi connectivity index (χ0n) is 8.62. The Bertz CT molecular complexity index is 313. The second-order valence-corrected chi connectivity index (χ2v) is 3.01. The van der Waals surface area contributed by atoms with Crippen LogP contribution in [-0.4, -0.2) is 10.2 Å². The molecular weight excluding hydrogens is 176 g/mol. The number of hydrogen-bond donors (Lipinski definition) is 2. The Balaban J connectivity index is 4.48. The molecule has 0 aliphatic heterocycles. The van der Waals surface area contributed by atoms with E-state index in [1.165, 1.54) is 6.08 Å². The van der Waals surface area contributed by atoms with E-state index in [-0.39, 0.29) is 11.5 Å². The van der Waals surface area contributed by atoms with E-state index >= 15 is 0 Å². The molecule has 0 saturated carbocycles. The van der Waals surface area contributed by atoms with Crippen molar-refractivity contribution in [1.82, 2.24) is 0 Å². The van der Waals surface area contributed by atoms with Gasteiger partial charge in [0.05, 0.1) is 5.76 Å². The molecule has 0 unspecified atom stereocenters. The third-order valence-electron chi connectivity index (χ3n) is 1.56. The molecule has 14 heavy (non-hydrogen) atoms. The van der Waals surface area contributed by atoms with Crippen LogP contribution in [0.25, 0.3) is 0 Å². The summed E-state index contributed by atoms with van der Waals surface area (Å²) in [5.74, 6) is 0.237. The van der Waals surface area contributed by atoms with Gasteiger partial charge >= 0.3 is 0 Å². The van der Waals surface area contributed by atoms with Gasteiger partial charge in [-0.25, -0.2) is 0 Å². The Hall–Kier alpha value is -1.70. The van der Waals surface area contributed by atoms with Gasteiger partial charge in [0, 0.05) is 0 Å². The minimum Gasteiger partial charge on any atom is -0.513 e. The molecule has 0 radical (unpaired) electrons. The second-order valence-electron chi connectivity index (χ2n) is 3.01. The summed E-state index contributed by atoms with van der Waals surface area (Å²) in [5.41, 5.74) is 1.67. The Kier molecular flexibility index (Phi) is 5.15. The van der Waals surface area contributed by atoms with Gasteiger partial charge in [0.25, 0.3) is 0 Å². The predicted octanol–water partition coefficient (Wildman–Crippen LogP) is 3.58. The molecular formula is C12H16O2. The normalized spacial score (nSPS) is 13.3. The highest BCUT2D eigenvalue weighted by Gasteiger charge is 1.90. The highest BCUT2D eigenvalue weighted by molar-refractivity contribution is 5.39. The molecule has 0 atom stereocenters. The summed E-state index contributed by atoms with van der Waals surface area (Å²) in [4.78, 5) is 0. The maximum atomic E-state index is 8.92. The van der Waals surface area contributed by atoms with Crippen molar-refractivity contribution < 1.29 is 10.2 Å². The van der Waals surface area contributed by atoms with Crippen molar-refractivity contribution in [3.8, 4) is 0 Å². The molecule has 2 nitrogen and oxygen atoms in total. The fraction of sp³-hybridized carbons (Fsp3) is 0.167. The SMILES string of the molecule is C=C(O)/C=C\C(=C)/C(C)=C/C=C(\C)O. The van der Waals surface area contributed by atoms with Gasteiger partial charge in [0.15, 0.2) is 0 Å². The summed E-state index contributed by atoms with van der Waals surface area (Å²) >= 11 is 0. The number of allylic oxidation sites excluding steroid dienone is 7. The van der Waals surface area contributed by atoms with E-state index < -0.39 is 0 Å². The highest BCUT2D eigenvalue weighted by Crippen LogP contribution is 2.09. The van der Waals surface area contributed by atoms with Gasteiger partial charge < -0.3 is 10.2 Å². The standard InChI is InChI=1S/C12H16O2/c1-9(5-7-11(3)13)10(2)6-8-12(4)14/h5-8,13-14H,1,3H2,2,4H3/b7-5-,10-6+,12-8+. The third-order valence-corrected chi connectivity index (χ3v) is 1.56. The number of aliphatic hydroxyl groups is 2. The molecule has 0 aromatic carbocycles. The van der Waals surface area contributed by atoms with Gasteiger partial charge in [-0.2, -0.15) is 0 Å². The van der Waals surface area contributed by atoms with Crippen LogP contribution in [-0.2, 0) is 0 Å². The topological polar surface area (TPSA) is 40.5 Å². The third kappa shape index (κ3) is 5.89. The number of hydrogen-bond acceptors (Lipinski definition) is 2. The summed E-state index contributed by atoms with van der Waals surface area (Å²) in [5, 5.41) is 17.7. The van der Waals surface area contributed by atoms with Gasteiger partial charge in [0.1, 0.15) is 5.76 Å². The van der Waals surface area contributed by atoms with E-state index in [9.17, 15) is 0 Å². The number of aliphatic hydroxyl groups excluding tert-OH is 2. The highest BCUT2D eigenvalue weighted by atomic mass is 16.3. The second kappa shape index (κ2) is 5.86. The van der Waals surface area contributed by atoms with Crippen LogP contribution in [0.1, 0.15) is 13.8 Å². The molecule has 0 aliphatic rings. The van der Waals surface area contributed by atoms with Crippen molar-refractivity contribution in [2.45, 2.75) is 13.8 Å². The Morgan fingerprint density at radius 2 is 1.57 bits per heavy atom. The molecule has 76 valence electrons. The monoisotopic (exact) mass is 192 g/mol. The van der Waals surface area contributed by atoms with Gasteiger partial charge in [-0.1, -0.05) is 25.3 Å². The first-order chi connectivity index (χ1) is 6.43. The summed E-state index contributed by atoms with van der Waals surface area (Å²) < 4.78 is 0. The Morgan fingerprint density at radius 3 is 2.00 bits per heavy atom. The van der Waals surface area contributed by atoms with Crippen molar-refractivity contribution in [3.05, 3.63) is 60.1 Å². The van der Waals surface area contributed by atoms with E-state index in [0.29, 0.717) is 0 Å². The minimum atomic E-state index is -0.00664. The molecule has 0 amide bonds. The lowest BCUT2D eigenvalue weighted by Crippen LogP contribution is -1.79. The van der Waals surface area contributed by atoms with Crippen LogP contribution in [0, 0.1) is 0 Å². The van der Waals surface area contributed by atoms with Crippen molar-refractivity contribution in [1.29, 1.82) is 0 Å². The molecule has 0 aromatic rings. The van der Waals surface area contributed by atoms with Crippen LogP contribution < -0.4 is 0 Å². The summed E-state index contributed by atoms with van der Waals surface area (Å²) in [6.07, 6.45) is 6.47. The first-order valence-electron chi connectivity index (χ1n) is 4.23. The van der Waals surface area contributed by atoms with E-state index in [2.05, 4.69) is 13.2 Å². The zero-order valence-corrected chi connectivity index (χ0v) is 8.62. The molecule has 0 aliphatic carbocycles. The van der Waals surface area contributed by atoms with Crippen LogP contribution in [0.4, 0.5) is 0 Å². The smallest absolute Gasteiger partial charge is 0.108 e. The van der Waals surface area contributed by atoms with Crippen LogP contribution in [0.5, 0.6) is 0 Å². The summed E-state index contributed by atoms with van der Waals surface area (Å²) in [6, 6.07) is 0. The quantitative estimate of drug-likeness (QED) is 0.528. The van der Waals surface area contributed by atoms with E-state index in [0.717, 1.165) is 11.1 Å². The molecule has 0 rings (SSSR count). The summed E-state index contributed by atoms with van der Waals surface area (Å²) in [6.45, 7) is 10.6. The number of rotatable bonds is 4. The van der Waals surface area contributed by atoms with Crippen molar-refractivity contribution >= 4 is 0 Å². The van der Waals surface area contributed by atoms with Gasteiger partial charge in [-0.3, -0.25) is 0 Å². The maximum Gasteiger partial charge on any atom is 0.108 e. The fourth-order valence-corrected chi connectivity index (χ4v) is 0.681. The molecule has 0 fully saturated rings. The molecule has 0 saturated heterocycles. The molecule has 0 heterocycles. The van der Waals surface area contributed by atoms with Gasteiger partial charge in [-0.15, -0.1) is 0 Å². The fourth-order valence-electron chi connectivity index (χ4n) is 0.681. The van der Waals surface area contributed by atoms with E-state index in [1.54, 1.807) is 25.2 Å². The minimum absolute atomic E-state index is 0.00664. The Morgan fingerprint density at radius 1 is 1.00 bits per heavy atom. The lowest BCUT2D eigenvalue weighted by Gasteiger charge is -1.98. The summed E-state index contributed by atoms with van der Waals surface area (Å²) in [7, 11) is 0. The first-order valence-corrected chi connectivity index (χ1v) is 4.23. The van der Waals surface area contributed by atoms with Crippen molar-refractivity contribution in [3.63, 3.8) is 0 Å². The lowest BCUT2D eigenvalue weighted by molar-refractivity contribution is 0.414. The van der Waals surface area contributed by atoms with E-state index in [1.807, 2.05) is 6.92 Å². The van der Waals surface area contributed by atoms with Crippen molar-refractivity contribution in [2.75, 3.05) is 0 Å². The van der Waals surface area contributed by atoms with Gasteiger partial charge in [0.2, 0.25) is 0 Å². The zero-order chi connectivity index (χ0) is 11.1. The lowest BCUT2D eigenvalue weighted by atomic mass is 10.1. The molecule has 0 bridgehead atoms. The molecule has 2 heteroatoms. The van der Waals surface area contributed by atoms with Gasteiger partial charge in [-0.05, 0) is 37.1 Å². The molecule has 0 aromatic heterocycles. The average Bonchev–Trinajstić information content (AvgIpc) is 2.09. The molecule has 2 N–H and O–H groups in total. The van der Waals surface area contributed by atoms with Crippen LogP contribution >= 0.6 is 0 Å². The largest absolute Gasteiger partial charge is 0.513 e. The van der Waals surface area contributed by atoms with Crippen LogP contribution in [0.3, 0.4) is 0 Å². The van der Waals surface area contributed by atoms with Crippen molar-refractivity contribution in [2.24, 2.45) is 0 Å².